The molecule has 14 aromatic carbocycles. The van der Waals surface area contributed by atoms with Crippen LogP contribution in [0, 0.1) is 0 Å². The van der Waals surface area contributed by atoms with E-state index in [0.29, 0.717) is 17.5 Å². The van der Waals surface area contributed by atoms with Crippen molar-refractivity contribution in [3.8, 4) is 45.8 Å². The first kappa shape index (κ1) is 54.4. The Kier molecular flexibility index (Phi) is 11.8. The summed E-state index contributed by atoms with van der Waals surface area (Å²) in [6, 6.07) is 112. The molecule has 8 heterocycles. The molecule has 0 spiro atoms. The first-order valence-electron chi connectivity index (χ1n) is 33.0. The topological polar surface area (TPSA) is 84.4 Å². The Morgan fingerprint density at radius 3 is 1.16 bits per heavy atom. The highest BCUT2D eigenvalue weighted by atomic mass is 32.1. The van der Waals surface area contributed by atoms with E-state index in [2.05, 4.69) is 316 Å². The van der Waals surface area contributed by atoms with Crippen LogP contribution in [-0.4, -0.2) is 38.2 Å². The van der Waals surface area contributed by atoms with E-state index in [1.807, 2.05) is 18.2 Å². The molecule has 22 rings (SSSR count). The highest BCUT2D eigenvalue weighted by Gasteiger charge is 2.25. The molecule has 0 aliphatic rings. The highest BCUT2D eigenvalue weighted by Crippen LogP contribution is 2.45. The zero-order chi connectivity index (χ0) is 64.1. The molecule has 0 aliphatic heterocycles. The average Bonchev–Trinajstić information content (AvgIpc) is 1.56. The molecule has 0 fully saturated rings. The van der Waals surface area contributed by atoms with Gasteiger partial charge in [-0.2, -0.15) is 0 Å². The Balaban J connectivity index is 0.000000129. The van der Waals surface area contributed by atoms with Gasteiger partial charge in [-0.3, -0.25) is 9.13 Å². The molecule has 0 atom stereocenters. The number of fused-ring (bicyclic) bond motifs is 20. The Morgan fingerprint density at radius 2 is 0.633 bits per heavy atom. The van der Waals surface area contributed by atoms with Crippen LogP contribution in [-0.2, 0) is 0 Å². The molecule has 0 amide bonds. The van der Waals surface area contributed by atoms with Crippen molar-refractivity contribution >= 4 is 162 Å². The maximum Gasteiger partial charge on any atom is 0.236 e. The second kappa shape index (κ2) is 21.2. The lowest BCUT2D eigenvalue weighted by atomic mass is 10.1. The Hall–Kier alpha value is -13.0. The molecular formula is C88H52N8OS. The number of aromatic nitrogens is 8. The summed E-state index contributed by atoms with van der Waals surface area (Å²) >= 11 is 1.77. The van der Waals surface area contributed by atoms with Gasteiger partial charge in [-0.25, -0.2) is 19.9 Å². The van der Waals surface area contributed by atoms with E-state index in [9.17, 15) is 0 Å². The number of hydrogen-bond acceptors (Lipinski definition) is 6. The molecule has 10 heteroatoms. The summed E-state index contributed by atoms with van der Waals surface area (Å²) in [7, 11) is 0. The second-order valence-corrected chi connectivity index (χ2v) is 26.3. The van der Waals surface area contributed by atoms with Gasteiger partial charge in [0, 0.05) is 81.1 Å². The normalized spacial score (nSPS) is 12.1. The fourth-order valence-corrected chi connectivity index (χ4v) is 16.6. The Morgan fingerprint density at radius 1 is 0.255 bits per heavy atom. The van der Waals surface area contributed by atoms with Crippen LogP contribution in [0.25, 0.3) is 197 Å². The molecule has 0 bridgehead atoms. The van der Waals surface area contributed by atoms with E-state index in [4.69, 9.17) is 24.4 Å². The fraction of sp³-hybridized carbons (Fsp3) is 0. The van der Waals surface area contributed by atoms with Crippen molar-refractivity contribution in [1.29, 1.82) is 0 Å². The molecular weight excluding hydrogens is 1220 g/mol. The van der Waals surface area contributed by atoms with Gasteiger partial charge in [0.05, 0.1) is 60.0 Å². The van der Waals surface area contributed by atoms with E-state index >= 15 is 0 Å². The summed E-state index contributed by atoms with van der Waals surface area (Å²) in [6.45, 7) is 0. The summed E-state index contributed by atoms with van der Waals surface area (Å²) in [4.78, 5) is 21.6. The van der Waals surface area contributed by atoms with Gasteiger partial charge in [0.1, 0.15) is 16.8 Å². The van der Waals surface area contributed by atoms with Gasteiger partial charge in [-0.05, 0) is 125 Å². The molecule has 9 nitrogen and oxygen atoms in total. The van der Waals surface area contributed by atoms with E-state index in [1.165, 1.54) is 74.9 Å². The number of hydrogen-bond donors (Lipinski definition) is 0. The number of thiophene rings is 1. The van der Waals surface area contributed by atoms with Crippen molar-refractivity contribution in [2.24, 2.45) is 0 Å². The maximum absolute atomic E-state index is 6.59. The number of rotatable bonds is 6. The van der Waals surface area contributed by atoms with E-state index < -0.39 is 0 Å². The third-order valence-corrected chi connectivity index (χ3v) is 21.0. The van der Waals surface area contributed by atoms with E-state index in [-0.39, 0.29) is 0 Å². The van der Waals surface area contributed by atoms with Gasteiger partial charge in [0.15, 0.2) is 5.58 Å². The predicted octanol–water partition coefficient (Wildman–Crippen LogP) is 23.2. The van der Waals surface area contributed by atoms with Crippen molar-refractivity contribution in [3.63, 3.8) is 0 Å². The van der Waals surface area contributed by atoms with Gasteiger partial charge in [0.2, 0.25) is 11.9 Å². The zero-order valence-electron chi connectivity index (χ0n) is 52.4. The molecule has 0 radical (unpaired) electrons. The van der Waals surface area contributed by atoms with E-state index in [1.54, 1.807) is 11.3 Å². The monoisotopic (exact) mass is 1270 g/mol. The standard InChI is InChI=1S/C44H26N4O.C44H26N4S/c2*1-2-14-30(15-3-1)47-36-19-9-6-16-31(36)33-23-22-29(26-38(33)47)41-43-42(34-18-8-11-21-40(34)49-43)46-44(45-41)48-37-20-10-7-17-32(37)35-24-27-12-4-5-13-28(27)25-39(35)48/h2*1-26H. The lowest BCUT2D eigenvalue weighted by Gasteiger charge is -2.11. The molecule has 0 saturated carbocycles. The van der Waals surface area contributed by atoms with Gasteiger partial charge >= 0.3 is 0 Å². The first-order chi connectivity index (χ1) is 48.6. The van der Waals surface area contributed by atoms with E-state index in [0.717, 1.165) is 105 Å². The highest BCUT2D eigenvalue weighted by molar-refractivity contribution is 7.26. The minimum Gasteiger partial charge on any atom is -0.452 e. The van der Waals surface area contributed by atoms with Gasteiger partial charge in [-0.15, -0.1) is 11.3 Å². The average molecular weight is 1270 g/mol. The number of para-hydroxylation sites is 7. The quantitative estimate of drug-likeness (QED) is 0.166. The van der Waals surface area contributed by atoms with Crippen molar-refractivity contribution in [1.82, 2.24) is 38.2 Å². The molecule has 0 saturated heterocycles. The molecule has 98 heavy (non-hydrogen) atoms. The third kappa shape index (κ3) is 8.19. The number of nitrogens with zero attached hydrogens (tertiary/aromatic N) is 8. The van der Waals surface area contributed by atoms with Gasteiger partial charge in [-0.1, -0.05) is 212 Å². The molecule has 456 valence electrons. The lowest BCUT2D eigenvalue weighted by molar-refractivity contribution is 0.666. The number of benzene rings is 14. The Labute approximate surface area is 562 Å². The van der Waals surface area contributed by atoms with Gasteiger partial charge in [0.25, 0.3) is 0 Å². The predicted molar refractivity (Wildman–Crippen MR) is 407 cm³/mol. The Bertz CT molecular complexity index is 6650. The fourth-order valence-electron chi connectivity index (χ4n) is 15.4. The summed E-state index contributed by atoms with van der Waals surface area (Å²) in [5.41, 5.74) is 18.2. The third-order valence-electron chi connectivity index (χ3n) is 19.8. The van der Waals surface area contributed by atoms with Crippen molar-refractivity contribution in [2.75, 3.05) is 0 Å². The molecule has 0 unspecified atom stereocenters. The molecule has 22 aromatic rings. The summed E-state index contributed by atoms with van der Waals surface area (Å²) in [6.07, 6.45) is 0. The first-order valence-corrected chi connectivity index (χ1v) is 33.8. The van der Waals surface area contributed by atoms with Crippen molar-refractivity contribution in [3.05, 3.63) is 315 Å². The van der Waals surface area contributed by atoms with Crippen LogP contribution < -0.4 is 0 Å². The van der Waals surface area contributed by atoms with Crippen LogP contribution in [0.1, 0.15) is 0 Å². The minimum absolute atomic E-state index is 0.610. The molecule has 0 aliphatic carbocycles. The SMILES string of the molecule is c1ccc(-n2c3ccccc3c3ccc(-c4nc(-n5c6ccccc6c6cc7ccccc7cc65)nc5c4oc4ccccc45)cc32)cc1.c1ccc(-n2c3ccccc3c3ccc(-c4nc(-n5c6ccccc6c6cc7ccccc7cc65)nc5c4sc4ccccc45)cc32)cc1. The molecule has 0 N–H and O–H groups in total. The van der Waals surface area contributed by atoms with Crippen LogP contribution in [0.3, 0.4) is 0 Å². The number of furan rings is 1. The maximum atomic E-state index is 6.59. The van der Waals surface area contributed by atoms with Crippen LogP contribution in [0.2, 0.25) is 0 Å². The van der Waals surface area contributed by atoms with Crippen molar-refractivity contribution < 1.29 is 4.42 Å². The van der Waals surface area contributed by atoms with Crippen LogP contribution in [0.15, 0.2) is 320 Å². The smallest absolute Gasteiger partial charge is 0.236 e. The van der Waals surface area contributed by atoms with Crippen LogP contribution in [0.4, 0.5) is 0 Å². The van der Waals surface area contributed by atoms with Gasteiger partial charge < -0.3 is 13.6 Å². The summed E-state index contributed by atoms with van der Waals surface area (Å²) in [5, 5.41) is 16.5. The van der Waals surface area contributed by atoms with Crippen LogP contribution >= 0.6 is 11.3 Å². The summed E-state index contributed by atoms with van der Waals surface area (Å²) in [5.74, 6) is 1.29. The van der Waals surface area contributed by atoms with Crippen LogP contribution in [0.5, 0.6) is 0 Å². The summed E-state index contributed by atoms with van der Waals surface area (Å²) < 4.78 is 18.1. The van der Waals surface area contributed by atoms with Crippen molar-refractivity contribution in [2.45, 2.75) is 0 Å². The largest absolute Gasteiger partial charge is 0.452 e. The molecule has 8 aromatic heterocycles. The second-order valence-electron chi connectivity index (χ2n) is 25.3. The zero-order valence-corrected chi connectivity index (χ0v) is 53.2. The minimum atomic E-state index is 0.610. The lowest BCUT2D eigenvalue weighted by Crippen LogP contribution is -2.03.